The molecule has 0 radical (unpaired) electrons. The highest BCUT2D eigenvalue weighted by molar-refractivity contribution is 5.88. The summed E-state index contributed by atoms with van der Waals surface area (Å²) < 4.78 is 19.0. The molecule has 3 rings (SSSR count). The molecule has 1 saturated carbocycles. The Morgan fingerprint density at radius 3 is 1.85 bits per heavy atom. The van der Waals surface area contributed by atoms with Crippen molar-refractivity contribution in [1.29, 1.82) is 0 Å². The standard InChI is InChI=1S/C30H37FO2/c1-28(2,3)33-26(32)17-10-21-8-11-22(12-9-21)27(23-13-15-25(31)16-14-23)24-18-29(4,5)20-30(6,7)19-24/h8-17H,18-20H2,1-7H3. The van der Waals surface area contributed by atoms with Gasteiger partial charge in [0.25, 0.3) is 0 Å². The Bertz CT molecular complexity index is 1030. The number of hydrogen-bond acceptors (Lipinski definition) is 2. The zero-order valence-corrected chi connectivity index (χ0v) is 21.1. The summed E-state index contributed by atoms with van der Waals surface area (Å²) in [6.07, 6.45) is 6.45. The molecular formula is C30H37FO2. The van der Waals surface area contributed by atoms with E-state index in [1.807, 2.05) is 45.0 Å². The summed E-state index contributed by atoms with van der Waals surface area (Å²) in [6.45, 7) is 14.9. The Hall–Kier alpha value is -2.68. The van der Waals surface area contributed by atoms with Crippen molar-refractivity contribution in [2.45, 2.75) is 73.3 Å². The van der Waals surface area contributed by atoms with Gasteiger partial charge in [0, 0.05) is 6.08 Å². The molecule has 0 unspecified atom stereocenters. The van der Waals surface area contributed by atoms with E-state index in [-0.39, 0.29) is 22.6 Å². The molecule has 0 atom stereocenters. The van der Waals surface area contributed by atoms with Crippen LogP contribution in [0.4, 0.5) is 4.39 Å². The van der Waals surface area contributed by atoms with Crippen LogP contribution in [-0.2, 0) is 9.53 Å². The average Bonchev–Trinajstić information content (AvgIpc) is 2.65. The van der Waals surface area contributed by atoms with Crippen LogP contribution in [0.5, 0.6) is 0 Å². The molecule has 0 spiro atoms. The van der Waals surface area contributed by atoms with Crippen LogP contribution >= 0.6 is 0 Å². The lowest BCUT2D eigenvalue weighted by Crippen LogP contribution is -2.30. The van der Waals surface area contributed by atoms with E-state index >= 15 is 0 Å². The molecule has 0 heterocycles. The second kappa shape index (κ2) is 9.29. The van der Waals surface area contributed by atoms with Crippen molar-refractivity contribution >= 4 is 17.6 Å². The SMILES string of the molecule is CC1(C)CC(=C(c2ccc(F)cc2)c2ccc(C=CC(=O)OC(C)(C)C)cc2)CC(C)(C)C1. The fraction of sp³-hybridized carbons (Fsp3) is 0.433. The molecule has 1 aliphatic rings. The molecule has 33 heavy (non-hydrogen) atoms. The molecule has 0 amide bonds. The highest BCUT2D eigenvalue weighted by Crippen LogP contribution is 2.50. The van der Waals surface area contributed by atoms with E-state index in [4.69, 9.17) is 4.74 Å². The van der Waals surface area contributed by atoms with Gasteiger partial charge in [0.2, 0.25) is 0 Å². The van der Waals surface area contributed by atoms with E-state index < -0.39 is 5.60 Å². The number of hydrogen-bond donors (Lipinski definition) is 0. The van der Waals surface area contributed by atoms with E-state index in [9.17, 15) is 9.18 Å². The van der Waals surface area contributed by atoms with Gasteiger partial charge in [0.1, 0.15) is 11.4 Å². The molecule has 1 aliphatic carbocycles. The number of carbonyl (C=O) groups excluding carboxylic acids is 1. The lowest BCUT2D eigenvalue weighted by atomic mass is 9.62. The molecule has 0 saturated heterocycles. The van der Waals surface area contributed by atoms with Crippen molar-refractivity contribution in [1.82, 2.24) is 0 Å². The summed E-state index contributed by atoms with van der Waals surface area (Å²) in [5.74, 6) is -0.581. The van der Waals surface area contributed by atoms with Gasteiger partial charge < -0.3 is 4.74 Å². The number of rotatable bonds is 4. The Kier molecular flexibility index (Phi) is 7.02. The van der Waals surface area contributed by atoms with Crippen LogP contribution in [0.3, 0.4) is 0 Å². The van der Waals surface area contributed by atoms with Crippen molar-refractivity contribution in [3.05, 3.63) is 82.7 Å². The van der Waals surface area contributed by atoms with Crippen molar-refractivity contribution in [3.63, 3.8) is 0 Å². The highest BCUT2D eigenvalue weighted by Gasteiger charge is 2.37. The summed E-state index contributed by atoms with van der Waals surface area (Å²) in [5, 5.41) is 0. The molecule has 2 aromatic rings. The Labute approximate surface area is 198 Å². The van der Waals surface area contributed by atoms with Gasteiger partial charge in [-0.3, -0.25) is 0 Å². The van der Waals surface area contributed by atoms with Gasteiger partial charge in [-0.15, -0.1) is 0 Å². The van der Waals surface area contributed by atoms with Crippen LogP contribution in [0.1, 0.15) is 84.4 Å². The number of halogens is 1. The maximum absolute atomic E-state index is 13.7. The first-order chi connectivity index (χ1) is 15.2. The van der Waals surface area contributed by atoms with Crippen LogP contribution in [0.15, 0.2) is 60.2 Å². The van der Waals surface area contributed by atoms with E-state index in [2.05, 4.69) is 39.8 Å². The summed E-state index contributed by atoms with van der Waals surface area (Å²) in [4.78, 5) is 12.0. The third-order valence-corrected chi connectivity index (χ3v) is 5.85. The molecule has 0 bridgehead atoms. The zero-order valence-electron chi connectivity index (χ0n) is 21.1. The number of ether oxygens (including phenoxy) is 1. The summed E-state index contributed by atoms with van der Waals surface area (Å²) in [7, 11) is 0. The second-order valence-corrected chi connectivity index (χ2v) is 11.8. The molecule has 2 nitrogen and oxygen atoms in total. The van der Waals surface area contributed by atoms with Crippen LogP contribution in [0, 0.1) is 16.6 Å². The van der Waals surface area contributed by atoms with E-state index in [0.29, 0.717) is 0 Å². The highest BCUT2D eigenvalue weighted by atomic mass is 19.1. The number of allylic oxidation sites excluding steroid dienone is 1. The first kappa shape index (κ1) is 25.0. The minimum absolute atomic E-state index is 0.207. The molecule has 0 aromatic heterocycles. The lowest BCUT2D eigenvalue weighted by Gasteiger charge is -2.43. The van der Waals surface area contributed by atoms with E-state index in [1.165, 1.54) is 35.8 Å². The quantitative estimate of drug-likeness (QED) is 0.348. The zero-order chi connectivity index (χ0) is 24.4. The molecular weight excluding hydrogens is 411 g/mol. The Balaban J connectivity index is 1.99. The number of benzene rings is 2. The van der Waals surface area contributed by atoms with Crippen LogP contribution < -0.4 is 0 Å². The van der Waals surface area contributed by atoms with E-state index in [1.54, 1.807) is 6.08 Å². The van der Waals surface area contributed by atoms with Gasteiger partial charge in [0.15, 0.2) is 0 Å². The fourth-order valence-electron chi connectivity index (χ4n) is 5.27. The van der Waals surface area contributed by atoms with Gasteiger partial charge in [-0.2, -0.15) is 0 Å². The van der Waals surface area contributed by atoms with Gasteiger partial charge in [0.05, 0.1) is 0 Å². The van der Waals surface area contributed by atoms with Crippen LogP contribution in [0.2, 0.25) is 0 Å². The molecule has 0 N–H and O–H groups in total. The molecule has 3 heteroatoms. The van der Waals surface area contributed by atoms with Crippen molar-refractivity contribution < 1.29 is 13.9 Å². The maximum atomic E-state index is 13.7. The molecule has 176 valence electrons. The Morgan fingerprint density at radius 1 is 0.879 bits per heavy atom. The molecule has 0 aliphatic heterocycles. The topological polar surface area (TPSA) is 26.3 Å². The van der Waals surface area contributed by atoms with Crippen molar-refractivity contribution in [3.8, 4) is 0 Å². The second-order valence-electron chi connectivity index (χ2n) is 11.8. The maximum Gasteiger partial charge on any atom is 0.331 e. The average molecular weight is 449 g/mol. The normalized spacial score (nSPS) is 17.8. The monoisotopic (exact) mass is 448 g/mol. The third-order valence-electron chi connectivity index (χ3n) is 5.85. The summed E-state index contributed by atoms with van der Waals surface area (Å²) in [6, 6.07) is 15.0. The minimum Gasteiger partial charge on any atom is -0.457 e. The fourth-order valence-corrected chi connectivity index (χ4v) is 5.27. The largest absolute Gasteiger partial charge is 0.457 e. The van der Waals surface area contributed by atoms with Crippen molar-refractivity contribution in [2.75, 3.05) is 0 Å². The predicted octanol–water partition coefficient (Wildman–Crippen LogP) is 8.22. The van der Waals surface area contributed by atoms with Crippen molar-refractivity contribution in [2.24, 2.45) is 10.8 Å². The van der Waals surface area contributed by atoms with Gasteiger partial charge in [-0.25, -0.2) is 9.18 Å². The smallest absolute Gasteiger partial charge is 0.331 e. The van der Waals surface area contributed by atoms with Gasteiger partial charge in [-0.05, 0) is 91.3 Å². The van der Waals surface area contributed by atoms with Crippen LogP contribution in [0.25, 0.3) is 11.6 Å². The number of carbonyl (C=O) groups is 1. The van der Waals surface area contributed by atoms with Gasteiger partial charge in [-0.1, -0.05) is 69.7 Å². The lowest BCUT2D eigenvalue weighted by molar-refractivity contribution is -0.148. The van der Waals surface area contributed by atoms with E-state index in [0.717, 1.165) is 29.5 Å². The molecule has 1 fully saturated rings. The third kappa shape index (κ3) is 7.15. The van der Waals surface area contributed by atoms with Crippen LogP contribution in [-0.4, -0.2) is 11.6 Å². The first-order valence-electron chi connectivity index (χ1n) is 11.7. The Morgan fingerprint density at radius 2 is 1.36 bits per heavy atom. The predicted molar refractivity (Wildman–Crippen MR) is 135 cm³/mol. The number of esters is 1. The molecule has 2 aromatic carbocycles. The first-order valence-corrected chi connectivity index (χ1v) is 11.7. The minimum atomic E-state index is -0.511. The van der Waals surface area contributed by atoms with Gasteiger partial charge >= 0.3 is 5.97 Å². The summed E-state index contributed by atoms with van der Waals surface area (Å²) >= 11 is 0. The summed E-state index contributed by atoms with van der Waals surface area (Å²) in [5.41, 5.74) is 5.59.